The molecule has 0 aliphatic carbocycles. The van der Waals surface area contributed by atoms with Crippen LogP contribution in [0, 0.1) is 10.1 Å². The number of nitro groups is 1. The van der Waals surface area contributed by atoms with Crippen molar-refractivity contribution in [1.29, 1.82) is 0 Å². The molecule has 27 heavy (non-hydrogen) atoms. The van der Waals surface area contributed by atoms with Crippen molar-refractivity contribution < 1.29 is 24.0 Å². The number of nitrogens with one attached hydrogen (secondary N) is 1. The second-order valence-corrected chi connectivity index (χ2v) is 5.65. The maximum Gasteiger partial charge on any atom is 0.339 e. The maximum absolute atomic E-state index is 12.3. The molecular formula is C19H20N2O6. The lowest BCUT2D eigenvalue weighted by Gasteiger charge is -2.16. The van der Waals surface area contributed by atoms with Crippen molar-refractivity contribution in [2.75, 3.05) is 7.11 Å². The van der Waals surface area contributed by atoms with Gasteiger partial charge in [-0.1, -0.05) is 37.3 Å². The third-order valence-corrected chi connectivity index (χ3v) is 3.83. The number of carbonyl (C=O) groups is 2. The Morgan fingerprint density at radius 2 is 1.89 bits per heavy atom. The summed E-state index contributed by atoms with van der Waals surface area (Å²) >= 11 is 0. The lowest BCUT2D eigenvalue weighted by molar-refractivity contribution is -0.385. The monoisotopic (exact) mass is 372 g/mol. The van der Waals surface area contributed by atoms with Crippen LogP contribution < -0.4 is 10.1 Å². The molecule has 142 valence electrons. The number of rotatable bonds is 8. The van der Waals surface area contributed by atoms with E-state index in [1.54, 1.807) is 6.92 Å². The summed E-state index contributed by atoms with van der Waals surface area (Å²) in [5.41, 5.74) is 0.531. The van der Waals surface area contributed by atoms with Crippen LogP contribution in [-0.2, 0) is 16.1 Å². The van der Waals surface area contributed by atoms with Gasteiger partial charge in [0.1, 0.15) is 0 Å². The fourth-order valence-electron chi connectivity index (χ4n) is 2.38. The molecule has 1 atom stereocenters. The van der Waals surface area contributed by atoms with E-state index in [9.17, 15) is 19.7 Å². The second-order valence-electron chi connectivity index (χ2n) is 5.65. The number of methoxy groups -OCH3 is 1. The summed E-state index contributed by atoms with van der Waals surface area (Å²) in [5.74, 6) is -1.22. The molecular weight excluding hydrogens is 352 g/mol. The van der Waals surface area contributed by atoms with Gasteiger partial charge in [-0.05, 0) is 24.1 Å². The van der Waals surface area contributed by atoms with E-state index in [2.05, 4.69) is 5.32 Å². The summed E-state index contributed by atoms with van der Waals surface area (Å²) in [6.07, 6.45) is -0.729. The average molecular weight is 372 g/mol. The van der Waals surface area contributed by atoms with Crippen molar-refractivity contribution >= 4 is 17.6 Å². The number of amides is 1. The summed E-state index contributed by atoms with van der Waals surface area (Å²) in [7, 11) is 1.30. The molecule has 0 spiro atoms. The van der Waals surface area contributed by atoms with Crippen molar-refractivity contribution in [3.63, 3.8) is 0 Å². The second kappa shape index (κ2) is 9.33. The fourth-order valence-corrected chi connectivity index (χ4v) is 2.38. The number of carbonyl (C=O) groups excluding carboxylic acids is 2. The normalized spacial score (nSPS) is 11.3. The number of nitrogens with zero attached hydrogens (tertiary/aromatic N) is 1. The third kappa shape index (κ3) is 5.27. The van der Waals surface area contributed by atoms with E-state index in [4.69, 9.17) is 9.47 Å². The van der Waals surface area contributed by atoms with Gasteiger partial charge in [0, 0.05) is 12.6 Å². The van der Waals surface area contributed by atoms with Crippen LogP contribution in [0.4, 0.5) is 5.69 Å². The van der Waals surface area contributed by atoms with Crippen LogP contribution in [-0.4, -0.2) is 30.0 Å². The third-order valence-electron chi connectivity index (χ3n) is 3.83. The first-order valence-corrected chi connectivity index (χ1v) is 8.31. The molecule has 0 fully saturated rings. The van der Waals surface area contributed by atoms with Crippen molar-refractivity contribution in [1.82, 2.24) is 5.32 Å². The van der Waals surface area contributed by atoms with Crippen LogP contribution in [0.5, 0.6) is 5.75 Å². The van der Waals surface area contributed by atoms with Crippen LogP contribution in [0.1, 0.15) is 29.3 Å². The van der Waals surface area contributed by atoms with E-state index < -0.39 is 22.9 Å². The zero-order chi connectivity index (χ0) is 19.8. The molecule has 0 aliphatic heterocycles. The molecule has 0 aromatic heterocycles. The molecule has 0 saturated heterocycles. The summed E-state index contributed by atoms with van der Waals surface area (Å²) in [6.45, 7) is 2.01. The number of nitro benzene ring substituents is 1. The zero-order valence-corrected chi connectivity index (χ0v) is 15.0. The molecule has 8 nitrogen and oxygen atoms in total. The van der Waals surface area contributed by atoms with E-state index in [1.165, 1.54) is 19.2 Å². The number of esters is 1. The lowest BCUT2D eigenvalue weighted by atomic mass is 10.1. The van der Waals surface area contributed by atoms with Gasteiger partial charge in [0.05, 0.1) is 17.6 Å². The Hall–Kier alpha value is -3.42. The van der Waals surface area contributed by atoms with Crippen LogP contribution in [0.25, 0.3) is 0 Å². The average Bonchev–Trinajstić information content (AvgIpc) is 2.70. The Balaban J connectivity index is 2.04. The highest BCUT2D eigenvalue weighted by Crippen LogP contribution is 2.28. The van der Waals surface area contributed by atoms with E-state index in [-0.39, 0.29) is 23.4 Å². The van der Waals surface area contributed by atoms with Gasteiger partial charge in [0.15, 0.2) is 11.9 Å². The Morgan fingerprint density at radius 3 is 2.48 bits per heavy atom. The molecule has 1 N–H and O–H groups in total. The molecule has 2 aromatic carbocycles. The van der Waals surface area contributed by atoms with Gasteiger partial charge < -0.3 is 14.8 Å². The number of ether oxygens (including phenoxy) is 2. The summed E-state index contributed by atoms with van der Waals surface area (Å²) in [4.78, 5) is 35.0. The van der Waals surface area contributed by atoms with Gasteiger partial charge in [0.25, 0.3) is 5.91 Å². The minimum Gasteiger partial charge on any atom is -0.490 e. The smallest absolute Gasteiger partial charge is 0.339 e. The van der Waals surface area contributed by atoms with Gasteiger partial charge in [-0.2, -0.15) is 0 Å². The maximum atomic E-state index is 12.3. The standard InChI is InChI=1S/C19H20N2O6/c1-3-16(18(22)20-12-13-7-5-4-6-8-13)27-19(23)14-9-10-17(26-2)15(11-14)21(24)25/h4-11,16H,3,12H2,1-2H3,(H,20,22). The Labute approximate surface area is 156 Å². The highest BCUT2D eigenvalue weighted by atomic mass is 16.6. The molecule has 1 unspecified atom stereocenters. The number of hydrogen-bond donors (Lipinski definition) is 1. The molecule has 8 heteroatoms. The Bertz CT molecular complexity index is 822. The van der Waals surface area contributed by atoms with Crippen LogP contribution in [0.2, 0.25) is 0 Å². The predicted octanol–water partition coefficient (Wildman–Crippen LogP) is 2.86. The summed E-state index contributed by atoms with van der Waals surface area (Å²) in [6, 6.07) is 13.0. The minimum absolute atomic E-state index is 0.0307. The molecule has 0 bridgehead atoms. The number of hydrogen-bond acceptors (Lipinski definition) is 6. The quantitative estimate of drug-likeness (QED) is 0.434. The highest BCUT2D eigenvalue weighted by Gasteiger charge is 2.24. The Kier molecular flexibility index (Phi) is 6.87. The predicted molar refractivity (Wildman–Crippen MR) is 97.4 cm³/mol. The molecule has 0 radical (unpaired) electrons. The van der Waals surface area contributed by atoms with Gasteiger partial charge >= 0.3 is 11.7 Å². The zero-order valence-electron chi connectivity index (χ0n) is 15.0. The minimum atomic E-state index is -0.998. The largest absolute Gasteiger partial charge is 0.490 e. The van der Waals surface area contributed by atoms with Crippen molar-refractivity contribution in [3.8, 4) is 5.75 Å². The van der Waals surface area contributed by atoms with E-state index in [0.717, 1.165) is 11.6 Å². The van der Waals surface area contributed by atoms with E-state index in [1.807, 2.05) is 30.3 Å². The molecule has 2 rings (SSSR count). The fraction of sp³-hybridized carbons (Fsp3) is 0.263. The first-order valence-electron chi connectivity index (χ1n) is 8.31. The first-order chi connectivity index (χ1) is 13.0. The van der Waals surface area contributed by atoms with Crippen LogP contribution in [0.15, 0.2) is 48.5 Å². The SMILES string of the molecule is CCC(OC(=O)c1ccc(OC)c([N+](=O)[O-])c1)C(=O)NCc1ccccc1. The van der Waals surface area contributed by atoms with Gasteiger partial charge in [0.2, 0.25) is 0 Å². The van der Waals surface area contributed by atoms with Gasteiger partial charge in [-0.3, -0.25) is 14.9 Å². The first kappa shape index (κ1) is 19.9. The van der Waals surface area contributed by atoms with Crippen molar-refractivity contribution in [2.45, 2.75) is 26.0 Å². The van der Waals surface area contributed by atoms with E-state index in [0.29, 0.717) is 6.54 Å². The summed E-state index contributed by atoms with van der Waals surface area (Å²) < 4.78 is 10.1. The van der Waals surface area contributed by atoms with Crippen molar-refractivity contribution in [2.24, 2.45) is 0 Å². The topological polar surface area (TPSA) is 108 Å². The number of benzene rings is 2. The molecule has 1 amide bonds. The van der Waals surface area contributed by atoms with Crippen LogP contribution >= 0.6 is 0 Å². The molecule has 0 heterocycles. The Morgan fingerprint density at radius 1 is 1.19 bits per heavy atom. The lowest BCUT2D eigenvalue weighted by Crippen LogP contribution is -2.37. The molecule has 0 saturated carbocycles. The van der Waals surface area contributed by atoms with Gasteiger partial charge in [-0.15, -0.1) is 0 Å². The molecule has 2 aromatic rings. The molecule has 0 aliphatic rings. The van der Waals surface area contributed by atoms with Crippen molar-refractivity contribution in [3.05, 3.63) is 69.8 Å². The summed E-state index contributed by atoms with van der Waals surface area (Å²) in [5, 5.41) is 13.8. The highest BCUT2D eigenvalue weighted by molar-refractivity contribution is 5.93. The van der Waals surface area contributed by atoms with Gasteiger partial charge in [-0.25, -0.2) is 4.79 Å². The van der Waals surface area contributed by atoms with Crippen LogP contribution in [0.3, 0.4) is 0 Å². The van der Waals surface area contributed by atoms with E-state index >= 15 is 0 Å².